The predicted molar refractivity (Wildman–Crippen MR) is 65.5 cm³/mol. The average Bonchev–Trinajstić information content (AvgIpc) is 2.59. The normalized spacial score (nSPS) is 9.88. The Morgan fingerprint density at radius 1 is 1.69 bits per heavy atom. The van der Waals surface area contributed by atoms with Crippen molar-refractivity contribution in [1.29, 1.82) is 0 Å². The van der Waals surface area contributed by atoms with Crippen LogP contribution in [0.4, 0.5) is 0 Å². The van der Waals surface area contributed by atoms with Crippen LogP contribution in [-0.2, 0) is 6.54 Å². The highest BCUT2D eigenvalue weighted by Gasteiger charge is 2.16. The van der Waals surface area contributed by atoms with Crippen molar-refractivity contribution < 1.29 is 4.79 Å². The molecule has 1 aromatic rings. The van der Waals surface area contributed by atoms with E-state index < -0.39 is 0 Å². The highest BCUT2D eigenvalue weighted by atomic mass is 35.5. The molecule has 0 bridgehead atoms. The fraction of sp³-hybridized carbons (Fsp3) is 0.417. The Labute approximate surface area is 101 Å². The van der Waals surface area contributed by atoms with Crippen molar-refractivity contribution in [1.82, 2.24) is 9.47 Å². The SMILES string of the molecule is C#CCN(C)C(=O)c1cc(Cl)cn1CCC. The molecule has 0 unspecified atom stereocenters. The van der Waals surface area contributed by atoms with Gasteiger partial charge >= 0.3 is 0 Å². The van der Waals surface area contributed by atoms with E-state index in [1.54, 1.807) is 19.3 Å². The van der Waals surface area contributed by atoms with Crippen LogP contribution < -0.4 is 0 Å². The van der Waals surface area contributed by atoms with Crippen LogP contribution in [0.15, 0.2) is 12.3 Å². The highest BCUT2D eigenvalue weighted by Crippen LogP contribution is 2.16. The third kappa shape index (κ3) is 2.80. The number of halogens is 1. The van der Waals surface area contributed by atoms with Crippen LogP contribution in [-0.4, -0.2) is 29.0 Å². The molecule has 0 saturated carbocycles. The number of aryl methyl sites for hydroxylation is 1. The van der Waals surface area contributed by atoms with E-state index in [0.29, 0.717) is 17.3 Å². The summed E-state index contributed by atoms with van der Waals surface area (Å²) in [5.74, 6) is 2.34. The Balaban J connectivity index is 2.94. The molecule has 0 atom stereocenters. The van der Waals surface area contributed by atoms with Gasteiger partial charge in [-0.15, -0.1) is 6.42 Å². The molecule has 1 rings (SSSR count). The molecule has 1 aromatic heterocycles. The van der Waals surface area contributed by atoms with Crippen molar-refractivity contribution in [3.63, 3.8) is 0 Å². The molecule has 16 heavy (non-hydrogen) atoms. The second-order valence-corrected chi connectivity index (χ2v) is 4.04. The molecular weight excluding hydrogens is 224 g/mol. The predicted octanol–water partition coefficient (Wildman–Crippen LogP) is 2.26. The van der Waals surface area contributed by atoms with E-state index in [1.165, 1.54) is 4.90 Å². The lowest BCUT2D eigenvalue weighted by Gasteiger charge is -2.15. The van der Waals surface area contributed by atoms with E-state index in [0.717, 1.165) is 13.0 Å². The number of aromatic nitrogens is 1. The summed E-state index contributed by atoms with van der Waals surface area (Å²) in [5, 5.41) is 0.575. The quantitative estimate of drug-likeness (QED) is 0.739. The number of nitrogens with zero attached hydrogens (tertiary/aromatic N) is 2. The fourth-order valence-corrected chi connectivity index (χ4v) is 1.71. The lowest BCUT2D eigenvalue weighted by atomic mass is 10.3. The van der Waals surface area contributed by atoms with Crippen LogP contribution in [0.25, 0.3) is 0 Å². The summed E-state index contributed by atoms with van der Waals surface area (Å²) in [7, 11) is 1.68. The molecule has 0 spiro atoms. The number of hydrogen-bond donors (Lipinski definition) is 0. The number of carbonyl (C=O) groups excluding carboxylic acids is 1. The molecule has 1 heterocycles. The van der Waals surface area contributed by atoms with Crippen LogP contribution in [0.5, 0.6) is 0 Å². The van der Waals surface area contributed by atoms with Crippen LogP contribution in [0.1, 0.15) is 23.8 Å². The van der Waals surface area contributed by atoms with Crippen LogP contribution in [0.3, 0.4) is 0 Å². The lowest BCUT2D eigenvalue weighted by molar-refractivity contribution is 0.0802. The van der Waals surface area contributed by atoms with Crippen molar-refractivity contribution >= 4 is 17.5 Å². The van der Waals surface area contributed by atoms with Crippen LogP contribution >= 0.6 is 11.6 Å². The van der Waals surface area contributed by atoms with Gasteiger partial charge in [0, 0.05) is 19.8 Å². The molecular formula is C12H15ClN2O. The maximum atomic E-state index is 12.0. The molecule has 0 N–H and O–H groups in total. The molecule has 4 heteroatoms. The maximum absolute atomic E-state index is 12.0. The first-order valence-electron chi connectivity index (χ1n) is 5.14. The molecule has 0 aromatic carbocycles. The van der Waals surface area contributed by atoms with Crippen molar-refractivity contribution in [2.24, 2.45) is 0 Å². The Bertz CT molecular complexity index is 417. The smallest absolute Gasteiger partial charge is 0.271 e. The van der Waals surface area contributed by atoms with Gasteiger partial charge in [-0.25, -0.2) is 0 Å². The summed E-state index contributed by atoms with van der Waals surface area (Å²) in [4.78, 5) is 13.5. The molecule has 0 aliphatic heterocycles. The first-order chi connectivity index (χ1) is 7.60. The Morgan fingerprint density at radius 2 is 2.38 bits per heavy atom. The van der Waals surface area contributed by atoms with Crippen molar-refractivity contribution in [3.8, 4) is 12.3 Å². The minimum Gasteiger partial charge on any atom is -0.342 e. The second kappa shape index (κ2) is 5.62. The fourth-order valence-electron chi connectivity index (χ4n) is 1.48. The number of rotatable bonds is 4. The van der Waals surface area contributed by atoms with Gasteiger partial charge in [0.1, 0.15) is 5.69 Å². The molecule has 0 aliphatic rings. The van der Waals surface area contributed by atoms with Crippen molar-refractivity contribution in [3.05, 3.63) is 23.0 Å². The number of terminal acetylenes is 1. The minimum absolute atomic E-state index is 0.0988. The number of amides is 1. The minimum atomic E-state index is -0.0988. The molecule has 1 amide bonds. The standard InChI is InChI=1S/C12H15ClN2O/c1-4-6-14(3)12(16)11-8-10(13)9-15(11)7-5-2/h1,8-9H,5-7H2,2-3H3. The van der Waals surface area contributed by atoms with Crippen LogP contribution in [0.2, 0.25) is 5.02 Å². The van der Waals surface area contributed by atoms with Gasteiger partial charge in [0.05, 0.1) is 11.6 Å². The zero-order valence-corrected chi connectivity index (χ0v) is 10.3. The average molecular weight is 239 g/mol. The van der Waals surface area contributed by atoms with Gasteiger partial charge < -0.3 is 9.47 Å². The van der Waals surface area contributed by atoms with Gasteiger partial charge in [-0.1, -0.05) is 24.4 Å². The summed E-state index contributed by atoms with van der Waals surface area (Å²) >= 11 is 5.90. The van der Waals surface area contributed by atoms with Gasteiger partial charge in [-0.2, -0.15) is 0 Å². The molecule has 86 valence electrons. The highest BCUT2D eigenvalue weighted by molar-refractivity contribution is 6.31. The van der Waals surface area contributed by atoms with Gasteiger partial charge in [0.2, 0.25) is 0 Å². The first-order valence-corrected chi connectivity index (χ1v) is 5.52. The largest absolute Gasteiger partial charge is 0.342 e. The van der Waals surface area contributed by atoms with E-state index >= 15 is 0 Å². The Morgan fingerprint density at radius 3 is 2.94 bits per heavy atom. The third-order valence-corrected chi connectivity index (χ3v) is 2.43. The van der Waals surface area contributed by atoms with Crippen molar-refractivity contribution in [2.45, 2.75) is 19.9 Å². The lowest BCUT2D eigenvalue weighted by Crippen LogP contribution is -2.28. The summed E-state index contributed by atoms with van der Waals surface area (Å²) in [5.41, 5.74) is 0.588. The number of carbonyl (C=O) groups is 1. The molecule has 0 aliphatic carbocycles. The molecule has 3 nitrogen and oxygen atoms in total. The molecule has 0 radical (unpaired) electrons. The Hall–Kier alpha value is -1.40. The molecule has 0 saturated heterocycles. The first kappa shape index (κ1) is 12.7. The Kier molecular flexibility index (Phi) is 4.45. The van der Waals surface area contributed by atoms with Gasteiger partial charge in [0.25, 0.3) is 5.91 Å². The topological polar surface area (TPSA) is 25.2 Å². The van der Waals surface area contributed by atoms with E-state index in [4.69, 9.17) is 18.0 Å². The van der Waals surface area contributed by atoms with Crippen molar-refractivity contribution in [2.75, 3.05) is 13.6 Å². The summed E-state index contributed by atoms with van der Waals surface area (Å²) in [6, 6.07) is 1.67. The zero-order valence-electron chi connectivity index (χ0n) is 9.53. The van der Waals surface area contributed by atoms with E-state index in [-0.39, 0.29) is 5.91 Å². The molecule has 0 fully saturated rings. The zero-order chi connectivity index (χ0) is 12.1. The summed E-state index contributed by atoms with van der Waals surface area (Å²) < 4.78 is 1.86. The van der Waals surface area contributed by atoms with Gasteiger partial charge in [0.15, 0.2) is 0 Å². The van der Waals surface area contributed by atoms with Gasteiger partial charge in [-0.3, -0.25) is 4.79 Å². The monoisotopic (exact) mass is 238 g/mol. The second-order valence-electron chi connectivity index (χ2n) is 3.60. The van der Waals surface area contributed by atoms with Crippen LogP contribution in [0, 0.1) is 12.3 Å². The van der Waals surface area contributed by atoms with E-state index in [1.807, 2.05) is 11.5 Å². The van der Waals surface area contributed by atoms with E-state index in [2.05, 4.69) is 5.92 Å². The van der Waals surface area contributed by atoms with E-state index in [9.17, 15) is 4.79 Å². The third-order valence-electron chi connectivity index (χ3n) is 2.22. The summed E-state index contributed by atoms with van der Waals surface area (Å²) in [6.45, 7) is 3.12. The summed E-state index contributed by atoms with van der Waals surface area (Å²) in [6.07, 6.45) is 7.88. The number of hydrogen-bond acceptors (Lipinski definition) is 1. The maximum Gasteiger partial charge on any atom is 0.271 e. The van der Waals surface area contributed by atoms with Gasteiger partial charge in [-0.05, 0) is 12.5 Å².